The highest BCUT2D eigenvalue weighted by atomic mass is 32.2. The third-order valence-electron chi connectivity index (χ3n) is 2.43. The average Bonchev–Trinajstić information content (AvgIpc) is 2.27. The van der Waals surface area contributed by atoms with Gasteiger partial charge in [-0.1, -0.05) is 17.7 Å². The second kappa shape index (κ2) is 4.64. The molecule has 1 aromatic carbocycles. The average molecular weight is 238 g/mol. The van der Waals surface area contributed by atoms with Crippen LogP contribution in [0.15, 0.2) is 29.2 Å². The summed E-state index contributed by atoms with van der Waals surface area (Å²) in [4.78, 5) is 0.211. The predicted molar refractivity (Wildman–Crippen MR) is 61.2 cm³/mol. The summed E-state index contributed by atoms with van der Waals surface area (Å²) in [6.07, 6.45) is 0. The van der Waals surface area contributed by atoms with Crippen LogP contribution in [-0.2, 0) is 10.0 Å². The van der Waals surface area contributed by atoms with Gasteiger partial charge < -0.3 is 0 Å². The molecule has 0 aliphatic carbocycles. The van der Waals surface area contributed by atoms with E-state index in [1.54, 1.807) is 31.2 Å². The first-order valence-corrected chi connectivity index (χ1v) is 6.28. The Balaban J connectivity index is 3.13. The first-order chi connectivity index (χ1) is 7.39. The first kappa shape index (κ1) is 12.7. The minimum absolute atomic E-state index is 0.211. The molecule has 86 valence electrons. The Morgan fingerprint density at radius 3 is 2.25 bits per heavy atom. The topological polar surface area (TPSA) is 61.2 Å². The van der Waals surface area contributed by atoms with Crippen LogP contribution >= 0.6 is 0 Å². The van der Waals surface area contributed by atoms with E-state index in [0.717, 1.165) is 9.87 Å². The highest BCUT2D eigenvalue weighted by Crippen LogP contribution is 2.16. The van der Waals surface area contributed by atoms with Crippen molar-refractivity contribution in [2.75, 3.05) is 7.05 Å². The van der Waals surface area contributed by atoms with E-state index in [1.807, 2.05) is 13.0 Å². The normalized spacial score (nSPS) is 13.4. The summed E-state index contributed by atoms with van der Waals surface area (Å²) in [6.45, 7) is 3.43. The van der Waals surface area contributed by atoms with Crippen LogP contribution in [0, 0.1) is 18.3 Å². The minimum Gasteiger partial charge on any atom is -0.207 e. The van der Waals surface area contributed by atoms with E-state index in [0.29, 0.717) is 0 Å². The van der Waals surface area contributed by atoms with Gasteiger partial charge in [-0.2, -0.15) is 9.57 Å². The molecule has 0 N–H and O–H groups in total. The third kappa shape index (κ3) is 2.40. The van der Waals surface area contributed by atoms with Crippen LogP contribution in [0.3, 0.4) is 0 Å². The number of hydrogen-bond donors (Lipinski definition) is 0. The fourth-order valence-corrected chi connectivity index (χ4v) is 2.44. The van der Waals surface area contributed by atoms with E-state index in [9.17, 15) is 8.42 Å². The van der Waals surface area contributed by atoms with Crippen molar-refractivity contribution >= 4 is 10.0 Å². The zero-order chi connectivity index (χ0) is 12.3. The summed E-state index contributed by atoms with van der Waals surface area (Å²) in [7, 11) is -2.15. The molecule has 1 atom stereocenters. The summed E-state index contributed by atoms with van der Waals surface area (Å²) in [5, 5.41) is 8.70. The van der Waals surface area contributed by atoms with Gasteiger partial charge >= 0.3 is 0 Å². The molecule has 0 aliphatic heterocycles. The molecule has 0 bridgehead atoms. The Morgan fingerprint density at radius 2 is 1.81 bits per heavy atom. The molecule has 0 aromatic heterocycles. The molecule has 0 unspecified atom stereocenters. The van der Waals surface area contributed by atoms with Crippen molar-refractivity contribution < 1.29 is 8.42 Å². The van der Waals surface area contributed by atoms with E-state index >= 15 is 0 Å². The van der Waals surface area contributed by atoms with Gasteiger partial charge in [-0.3, -0.25) is 0 Å². The molecule has 0 saturated carbocycles. The molecule has 0 fully saturated rings. The minimum atomic E-state index is -3.56. The Bertz CT molecular complexity index is 500. The van der Waals surface area contributed by atoms with Gasteiger partial charge in [-0.15, -0.1) is 0 Å². The van der Waals surface area contributed by atoms with Gasteiger partial charge in [-0.25, -0.2) is 8.42 Å². The van der Waals surface area contributed by atoms with Gasteiger partial charge in [0.1, 0.15) is 6.04 Å². The Morgan fingerprint density at radius 1 is 1.31 bits per heavy atom. The lowest BCUT2D eigenvalue weighted by molar-refractivity contribution is 0.442. The number of benzene rings is 1. The van der Waals surface area contributed by atoms with E-state index in [1.165, 1.54) is 7.05 Å². The van der Waals surface area contributed by atoms with Crippen LogP contribution in [0.4, 0.5) is 0 Å². The molecule has 4 nitrogen and oxygen atoms in total. The van der Waals surface area contributed by atoms with Crippen molar-refractivity contribution in [2.45, 2.75) is 24.8 Å². The molecular weight excluding hydrogens is 224 g/mol. The SMILES string of the molecule is Cc1ccc(S(=O)(=O)N(C)[C@@H](C)C#N)cc1. The van der Waals surface area contributed by atoms with Crippen LogP contribution in [0.1, 0.15) is 12.5 Å². The van der Waals surface area contributed by atoms with Crippen molar-refractivity contribution in [1.29, 1.82) is 5.26 Å². The number of sulfonamides is 1. The van der Waals surface area contributed by atoms with Crippen molar-refractivity contribution in [2.24, 2.45) is 0 Å². The van der Waals surface area contributed by atoms with Crippen LogP contribution < -0.4 is 0 Å². The zero-order valence-electron chi connectivity index (χ0n) is 9.51. The molecule has 0 aliphatic rings. The summed E-state index contributed by atoms with van der Waals surface area (Å²) < 4.78 is 25.1. The summed E-state index contributed by atoms with van der Waals surface area (Å²) in [5.41, 5.74) is 0.995. The smallest absolute Gasteiger partial charge is 0.207 e. The number of rotatable bonds is 3. The Hall–Kier alpha value is -1.38. The molecule has 16 heavy (non-hydrogen) atoms. The van der Waals surface area contributed by atoms with Gasteiger partial charge in [0.05, 0.1) is 11.0 Å². The number of hydrogen-bond acceptors (Lipinski definition) is 3. The van der Waals surface area contributed by atoms with Crippen LogP contribution in [0.2, 0.25) is 0 Å². The summed E-state index contributed by atoms with van der Waals surface area (Å²) in [6, 6.07) is 7.79. The maximum absolute atomic E-state index is 12.0. The van der Waals surface area contributed by atoms with Crippen molar-refractivity contribution in [1.82, 2.24) is 4.31 Å². The number of aryl methyl sites for hydroxylation is 1. The maximum atomic E-state index is 12.0. The molecule has 1 aromatic rings. The molecule has 1 rings (SSSR count). The summed E-state index contributed by atoms with van der Waals surface area (Å²) in [5.74, 6) is 0. The highest BCUT2D eigenvalue weighted by Gasteiger charge is 2.24. The van der Waals surface area contributed by atoms with Crippen molar-refractivity contribution in [3.05, 3.63) is 29.8 Å². The quantitative estimate of drug-likeness (QED) is 0.802. The lowest BCUT2D eigenvalue weighted by atomic mass is 10.2. The zero-order valence-corrected chi connectivity index (χ0v) is 10.3. The lowest BCUT2D eigenvalue weighted by Gasteiger charge is -2.19. The van der Waals surface area contributed by atoms with Gasteiger partial charge in [0.25, 0.3) is 0 Å². The molecule has 5 heteroatoms. The fourth-order valence-electron chi connectivity index (χ4n) is 1.17. The van der Waals surface area contributed by atoms with Crippen LogP contribution in [-0.4, -0.2) is 25.8 Å². The van der Waals surface area contributed by atoms with Crippen molar-refractivity contribution in [3.63, 3.8) is 0 Å². The Kier molecular flexibility index (Phi) is 3.68. The van der Waals surface area contributed by atoms with Gasteiger partial charge in [-0.05, 0) is 26.0 Å². The summed E-state index contributed by atoms with van der Waals surface area (Å²) >= 11 is 0. The van der Waals surface area contributed by atoms with Crippen molar-refractivity contribution in [3.8, 4) is 6.07 Å². The first-order valence-electron chi connectivity index (χ1n) is 4.84. The molecule has 0 amide bonds. The molecular formula is C11H14N2O2S. The molecule has 0 heterocycles. The lowest BCUT2D eigenvalue weighted by Crippen LogP contribution is -2.34. The van der Waals surface area contributed by atoms with Gasteiger partial charge in [0.2, 0.25) is 10.0 Å². The van der Waals surface area contributed by atoms with E-state index in [2.05, 4.69) is 0 Å². The van der Waals surface area contributed by atoms with E-state index in [4.69, 9.17) is 5.26 Å². The monoisotopic (exact) mass is 238 g/mol. The standard InChI is InChI=1S/C11H14N2O2S/c1-9-4-6-11(7-5-9)16(14,15)13(3)10(2)8-12/h4-7,10H,1-3H3/t10-/m0/s1. The molecule has 0 saturated heterocycles. The largest absolute Gasteiger partial charge is 0.243 e. The number of nitriles is 1. The van der Waals surface area contributed by atoms with E-state index in [-0.39, 0.29) is 4.90 Å². The predicted octanol–water partition coefficient (Wildman–Crippen LogP) is 1.53. The third-order valence-corrected chi connectivity index (χ3v) is 4.37. The molecule has 0 radical (unpaired) electrons. The Labute approximate surface area is 96.2 Å². The highest BCUT2D eigenvalue weighted by molar-refractivity contribution is 7.89. The van der Waals surface area contributed by atoms with Gasteiger partial charge in [0.15, 0.2) is 0 Å². The van der Waals surface area contributed by atoms with Crippen LogP contribution in [0.25, 0.3) is 0 Å². The van der Waals surface area contributed by atoms with Crippen LogP contribution in [0.5, 0.6) is 0 Å². The fraction of sp³-hybridized carbons (Fsp3) is 0.364. The maximum Gasteiger partial charge on any atom is 0.243 e. The second-order valence-corrected chi connectivity index (χ2v) is 5.64. The second-order valence-electron chi connectivity index (χ2n) is 3.64. The molecule has 0 spiro atoms. The van der Waals surface area contributed by atoms with E-state index < -0.39 is 16.1 Å². The number of nitrogens with zero attached hydrogens (tertiary/aromatic N) is 2. The van der Waals surface area contributed by atoms with Gasteiger partial charge in [0, 0.05) is 7.05 Å².